The first-order chi connectivity index (χ1) is 7.72. The normalized spacial score (nSPS) is 29.5. The Morgan fingerprint density at radius 1 is 1.44 bits per heavy atom. The lowest BCUT2D eigenvalue weighted by atomic mass is 10.2. The van der Waals surface area contributed by atoms with E-state index in [1.807, 2.05) is 24.8 Å². The van der Waals surface area contributed by atoms with Gasteiger partial charge in [-0.2, -0.15) is 0 Å². The summed E-state index contributed by atoms with van der Waals surface area (Å²) in [6.07, 6.45) is 2.39. The molecule has 88 valence electrons. The second-order valence-corrected chi connectivity index (χ2v) is 5.33. The zero-order valence-corrected chi connectivity index (χ0v) is 10.6. The molecule has 0 bridgehead atoms. The van der Waals surface area contributed by atoms with E-state index in [-0.39, 0.29) is 5.79 Å². The summed E-state index contributed by atoms with van der Waals surface area (Å²) in [5.41, 5.74) is 0. The maximum Gasteiger partial charge on any atom is 0.165 e. The molecule has 0 aromatic heterocycles. The number of methoxy groups -OCH3 is 1. The summed E-state index contributed by atoms with van der Waals surface area (Å²) in [7, 11) is 1.71. The minimum atomic E-state index is -0.359. The molecule has 3 heteroatoms. The molecular weight excluding hydrogens is 220 g/mol. The van der Waals surface area contributed by atoms with Crippen LogP contribution in [-0.2, 0) is 9.47 Å². The third-order valence-electron chi connectivity index (χ3n) is 2.95. The topological polar surface area (TPSA) is 18.5 Å². The number of hydrogen-bond acceptors (Lipinski definition) is 3. The van der Waals surface area contributed by atoms with Crippen LogP contribution in [0.4, 0.5) is 0 Å². The van der Waals surface area contributed by atoms with Crippen LogP contribution in [0.1, 0.15) is 19.8 Å². The average Bonchev–Trinajstić information content (AvgIpc) is 2.71. The van der Waals surface area contributed by atoms with E-state index in [4.69, 9.17) is 9.47 Å². The molecule has 2 rings (SSSR count). The highest BCUT2D eigenvalue weighted by Gasteiger charge is 2.35. The lowest BCUT2D eigenvalue weighted by Crippen LogP contribution is -2.27. The predicted molar refractivity (Wildman–Crippen MR) is 66.7 cm³/mol. The second kappa shape index (κ2) is 5.21. The fourth-order valence-corrected chi connectivity index (χ4v) is 2.83. The van der Waals surface area contributed by atoms with Gasteiger partial charge in [-0.05, 0) is 25.5 Å². The number of ether oxygens (including phenoxy) is 2. The smallest absolute Gasteiger partial charge is 0.165 e. The van der Waals surface area contributed by atoms with Gasteiger partial charge in [-0.3, -0.25) is 0 Å². The van der Waals surface area contributed by atoms with Gasteiger partial charge in [-0.15, -0.1) is 11.8 Å². The highest BCUT2D eigenvalue weighted by molar-refractivity contribution is 7.99. The van der Waals surface area contributed by atoms with Gasteiger partial charge in [0.1, 0.15) is 0 Å². The standard InChI is InChI=1S/C13H18O2S/c1-13(14-2)9-8-11(15-13)10-16-12-6-4-3-5-7-12/h3-7,11H,8-10H2,1-2H3/t11-,13-/m1/s1. The second-order valence-electron chi connectivity index (χ2n) is 4.24. The van der Waals surface area contributed by atoms with Crippen molar-refractivity contribution in [2.75, 3.05) is 12.9 Å². The van der Waals surface area contributed by atoms with Crippen LogP contribution in [0.15, 0.2) is 35.2 Å². The Kier molecular flexibility index (Phi) is 3.90. The van der Waals surface area contributed by atoms with E-state index in [2.05, 4.69) is 24.3 Å². The summed E-state index contributed by atoms with van der Waals surface area (Å²) in [4.78, 5) is 1.30. The number of benzene rings is 1. The van der Waals surface area contributed by atoms with Gasteiger partial charge >= 0.3 is 0 Å². The molecule has 0 radical (unpaired) electrons. The molecule has 2 atom stereocenters. The van der Waals surface area contributed by atoms with E-state index in [1.54, 1.807) is 7.11 Å². The van der Waals surface area contributed by atoms with Crippen molar-refractivity contribution >= 4 is 11.8 Å². The summed E-state index contributed by atoms with van der Waals surface area (Å²) in [5.74, 6) is 0.644. The molecule has 1 aromatic rings. The lowest BCUT2D eigenvalue weighted by molar-refractivity contribution is -0.194. The van der Waals surface area contributed by atoms with E-state index < -0.39 is 0 Å². The van der Waals surface area contributed by atoms with E-state index in [0.29, 0.717) is 6.10 Å². The van der Waals surface area contributed by atoms with Crippen LogP contribution >= 0.6 is 11.8 Å². The quantitative estimate of drug-likeness (QED) is 0.750. The Balaban J connectivity index is 1.80. The first kappa shape index (κ1) is 12.0. The molecule has 0 aliphatic carbocycles. The van der Waals surface area contributed by atoms with Crippen LogP contribution in [0.3, 0.4) is 0 Å². The minimum Gasteiger partial charge on any atom is -0.353 e. The molecule has 2 nitrogen and oxygen atoms in total. The number of hydrogen-bond donors (Lipinski definition) is 0. The molecule has 1 aliphatic heterocycles. The monoisotopic (exact) mass is 238 g/mol. The molecule has 0 spiro atoms. The molecule has 1 aromatic carbocycles. The van der Waals surface area contributed by atoms with Crippen molar-refractivity contribution in [1.29, 1.82) is 0 Å². The lowest BCUT2D eigenvalue weighted by Gasteiger charge is -2.22. The van der Waals surface area contributed by atoms with Crippen molar-refractivity contribution in [3.63, 3.8) is 0 Å². The number of rotatable bonds is 4. The summed E-state index contributed by atoms with van der Waals surface area (Å²) < 4.78 is 11.2. The molecule has 16 heavy (non-hydrogen) atoms. The first-order valence-corrected chi connectivity index (χ1v) is 6.61. The maximum atomic E-state index is 5.88. The summed E-state index contributed by atoms with van der Waals surface area (Å²) in [5, 5.41) is 0. The molecular formula is C13H18O2S. The molecule has 0 saturated carbocycles. The Morgan fingerprint density at radius 3 is 2.81 bits per heavy atom. The van der Waals surface area contributed by atoms with Crippen LogP contribution in [0.5, 0.6) is 0 Å². The highest BCUT2D eigenvalue weighted by Crippen LogP contribution is 2.33. The van der Waals surface area contributed by atoms with Crippen LogP contribution < -0.4 is 0 Å². The van der Waals surface area contributed by atoms with Gasteiger partial charge in [-0.1, -0.05) is 18.2 Å². The summed E-state index contributed by atoms with van der Waals surface area (Å²) in [6, 6.07) is 10.4. The minimum absolute atomic E-state index is 0.315. The van der Waals surface area contributed by atoms with Crippen LogP contribution in [0, 0.1) is 0 Å². The molecule has 0 N–H and O–H groups in total. The van der Waals surface area contributed by atoms with Gasteiger partial charge < -0.3 is 9.47 Å². The molecule has 0 amide bonds. The first-order valence-electron chi connectivity index (χ1n) is 5.63. The third-order valence-corrected chi connectivity index (χ3v) is 4.09. The van der Waals surface area contributed by atoms with Crippen LogP contribution in [0.2, 0.25) is 0 Å². The fraction of sp³-hybridized carbons (Fsp3) is 0.538. The summed E-state index contributed by atoms with van der Waals surface area (Å²) in [6.45, 7) is 2.01. The van der Waals surface area contributed by atoms with E-state index >= 15 is 0 Å². The fourth-order valence-electron chi connectivity index (χ4n) is 1.87. The molecule has 1 heterocycles. The Morgan fingerprint density at radius 2 is 2.19 bits per heavy atom. The van der Waals surface area contributed by atoms with Crippen molar-refractivity contribution in [2.45, 2.75) is 36.6 Å². The largest absolute Gasteiger partial charge is 0.353 e. The van der Waals surface area contributed by atoms with E-state index in [0.717, 1.165) is 18.6 Å². The zero-order chi connectivity index (χ0) is 11.4. The molecule has 1 aliphatic rings. The Bertz CT molecular complexity index is 328. The van der Waals surface area contributed by atoms with Crippen LogP contribution in [0.25, 0.3) is 0 Å². The van der Waals surface area contributed by atoms with Gasteiger partial charge in [0.25, 0.3) is 0 Å². The SMILES string of the molecule is CO[C@@]1(C)CC[C@H](CSc2ccccc2)O1. The van der Waals surface area contributed by atoms with Gasteiger partial charge in [-0.25, -0.2) is 0 Å². The van der Waals surface area contributed by atoms with Crippen molar-refractivity contribution < 1.29 is 9.47 Å². The van der Waals surface area contributed by atoms with Gasteiger partial charge in [0.15, 0.2) is 5.79 Å². The molecule has 0 unspecified atom stereocenters. The van der Waals surface area contributed by atoms with E-state index in [1.165, 1.54) is 4.90 Å². The zero-order valence-electron chi connectivity index (χ0n) is 9.81. The van der Waals surface area contributed by atoms with E-state index in [9.17, 15) is 0 Å². The number of thioether (sulfide) groups is 1. The summed E-state index contributed by atoms with van der Waals surface area (Å²) >= 11 is 1.85. The van der Waals surface area contributed by atoms with Crippen molar-refractivity contribution in [3.05, 3.63) is 30.3 Å². The van der Waals surface area contributed by atoms with Crippen LogP contribution in [-0.4, -0.2) is 24.8 Å². The predicted octanol–water partition coefficient (Wildman–Crippen LogP) is 3.32. The Labute approximate surface area is 101 Å². The Hall–Kier alpha value is -0.510. The maximum absolute atomic E-state index is 5.88. The van der Waals surface area contributed by atoms with Gasteiger partial charge in [0.05, 0.1) is 6.10 Å². The highest BCUT2D eigenvalue weighted by atomic mass is 32.2. The average molecular weight is 238 g/mol. The van der Waals surface area contributed by atoms with Gasteiger partial charge in [0.2, 0.25) is 0 Å². The van der Waals surface area contributed by atoms with Crippen molar-refractivity contribution in [1.82, 2.24) is 0 Å². The van der Waals surface area contributed by atoms with Gasteiger partial charge in [0, 0.05) is 24.2 Å². The van der Waals surface area contributed by atoms with Crippen molar-refractivity contribution in [3.8, 4) is 0 Å². The molecule has 1 saturated heterocycles. The third kappa shape index (κ3) is 3.00. The molecule has 1 fully saturated rings. The van der Waals surface area contributed by atoms with Crippen molar-refractivity contribution in [2.24, 2.45) is 0 Å².